The fraction of sp³-hybridized carbons (Fsp3) is 1.00. The fourth-order valence-corrected chi connectivity index (χ4v) is 1.82. The van der Waals surface area contributed by atoms with Crippen LogP contribution in [0.25, 0.3) is 0 Å². The van der Waals surface area contributed by atoms with E-state index in [9.17, 15) is 0 Å². The summed E-state index contributed by atoms with van der Waals surface area (Å²) in [5, 5.41) is 0. The van der Waals surface area contributed by atoms with Crippen molar-refractivity contribution in [3.63, 3.8) is 0 Å². The first kappa shape index (κ1) is 17.3. The minimum absolute atomic E-state index is 0.737. The average Bonchev–Trinajstić information content (AvgIpc) is 2.21. The van der Waals surface area contributed by atoms with Crippen LogP contribution >= 0.6 is 0 Å². The SMILES string of the molecule is CC.CC.CC1C[N+](C)(C)C(C)CN1C. The molecule has 1 heterocycles. The van der Waals surface area contributed by atoms with Gasteiger partial charge in [-0.1, -0.05) is 27.7 Å². The Bertz CT molecular complexity index is 143. The van der Waals surface area contributed by atoms with E-state index in [-0.39, 0.29) is 0 Å². The van der Waals surface area contributed by atoms with E-state index in [1.54, 1.807) is 0 Å². The summed E-state index contributed by atoms with van der Waals surface area (Å²) in [6, 6.07) is 1.51. The molecule has 2 heteroatoms. The highest BCUT2D eigenvalue weighted by atomic mass is 15.4. The molecule has 1 rings (SSSR count). The summed E-state index contributed by atoms with van der Waals surface area (Å²) >= 11 is 0. The van der Waals surface area contributed by atoms with Gasteiger partial charge >= 0.3 is 0 Å². The Morgan fingerprint density at radius 2 is 1.40 bits per heavy atom. The van der Waals surface area contributed by atoms with Gasteiger partial charge in [0, 0.05) is 0 Å². The van der Waals surface area contributed by atoms with E-state index in [1.165, 1.54) is 17.6 Å². The van der Waals surface area contributed by atoms with Crippen molar-refractivity contribution in [2.45, 2.75) is 53.6 Å². The summed E-state index contributed by atoms with van der Waals surface area (Å²) in [5.74, 6) is 0. The smallest absolute Gasteiger partial charge is 0.0986 e. The van der Waals surface area contributed by atoms with Gasteiger partial charge in [-0.15, -0.1) is 0 Å². The van der Waals surface area contributed by atoms with Crippen molar-refractivity contribution in [2.75, 3.05) is 34.2 Å². The first-order valence-corrected chi connectivity index (χ1v) is 6.46. The van der Waals surface area contributed by atoms with Crippen molar-refractivity contribution in [1.29, 1.82) is 0 Å². The molecule has 0 radical (unpaired) electrons. The van der Waals surface area contributed by atoms with Crippen LogP contribution in [0.4, 0.5) is 0 Å². The molecule has 0 amide bonds. The van der Waals surface area contributed by atoms with E-state index in [4.69, 9.17) is 0 Å². The highest BCUT2D eigenvalue weighted by Gasteiger charge is 2.34. The maximum atomic E-state index is 2.45. The number of quaternary nitrogens is 1. The van der Waals surface area contributed by atoms with Gasteiger partial charge in [0.05, 0.1) is 39.3 Å². The molecule has 1 aliphatic heterocycles. The molecule has 1 aliphatic rings. The Morgan fingerprint density at radius 3 is 1.73 bits per heavy atom. The quantitative estimate of drug-likeness (QED) is 0.564. The van der Waals surface area contributed by atoms with Gasteiger partial charge in [0.2, 0.25) is 0 Å². The van der Waals surface area contributed by atoms with Gasteiger partial charge in [0.25, 0.3) is 0 Å². The summed E-state index contributed by atoms with van der Waals surface area (Å²) in [5.41, 5.74) is 0. The van der Waals surface area contributed by atoms with E-state index in [0.717, 1.165) is 12.1 Å². The lowest BCUT2D eigenvalue weighted by Crippen LogP contribution is -2.62. The van der Waals surface area contributed by atoms with E-state index < -0.39 is 0 Å². The zero-order chi connectivity index (χ0) is 12.6. The van der Waals surface area contributed by atoms with Gasteiger partial charge in [-0.3, -0.25) is 4.90 Å². The minimum atomic E-state index is 0.737. The summed E-state index contributed by atoms with van der Waals surface area (Å²) in [4.78, 5) is 2.45. The van der Waals surface area contributed by atoms with Gasteiger partial charge in [-0.2, -0.15) is 0 Å². The standard InChI is InChI=1S/C9H21N2.2C2H6/c1-8-7-11(4,5)9(2)6-10(8)3;2*1-2/h8-9H,6-7H2,1-5H3;2*1-2H3/q+1;;. The van der Waals surface area contributed by atoms with E-state index in [2.05, 4.69) is 39.9 Å². The normalized spacial score (nSPS) is 29.4. The van der Waals surface area contributed by atoms with Crippen LogP contribution in [0, 0.1) is 0 Å². The Kier molecular flexibility index (Phi) is 9.37. The zero-order valence-corrected chi connectivity index (χ0v) is 12.5. The summed E-state index contributed by atoms with van der Waals surface area (Å²) in [6.45, 7) is 15.2. The van der Waals surface area contributed by atoms with Crippen LogP contribution in [0.3, 0.4) is 0 Å². The summed E-state index contributed by atoms with van der Waals surface area (Å²) in [7, 11) is 6.88. The average molecular weight is 217 g/mol. The maximum absolute atomic E-state index is 2.45. The molecule has 0 aromatic rings. The largest absolute Gasteiger partial charge is 0.324 e. The fourth-order valence-electron chi connectivity index (χ4n) is 1.82. The number of hydrogen-bond acceptors (Lipinski definition) is 1. The molecule has 2 unspecified atom stereocenters. The molecule has 2 atom stereocenters. The van der Waals surface area contributed by atoms with Gasteiger partial charge < -0.3 is 4.48 Å². The first-order valence-electron chi connectivity index (χ1n) is 6.46. The molecule has 1 saturated heterocycles. The Morgan fingerprint density at radius 1 is 1.00 bits per heavy atom. The van der Waals surface area contributed by atoms with Crippen molar-refractivity contribution in [3.05, 3.63) is 0 Å². The molecule has 2 nitrogen and oxygen atoms in total. The predicted octanol–water partition coefficient (Wildman–Crippen LogP) is 2.84. The molecule has 0 N–H and O–H groups in total. The van der Waals surface area contributed by atoms with Crippen LogP contribution < -0.4 is 0 Å². The van der Waals surface area contributed by atoms with Crippen LogP contribution in [0.15, 0.2) is 0 Å². The van der Waals surface area contributed by atoms with Crippen LogP contribution in [0.2, 0.25) is 0 Å². The maximum Gasteiger partial charge on any atom is 0.0986 e. The molecule has 0 bridgehead atoms. The number of hydrogen-bond donors (Lipinski definition) is 0. The third-order valence-corrected chi connectivity index (χ3v) is 3.23. The topological polar surface area (TPSA) is 3.24 Å². The molecule has 0 aromatic heterocycles. The van der Waals surface area contributed by atoms with Crippen molar-refractivity contribution < 1.29 is 4.48 Å². The minimum Gasteiger partial charge on any atom is -0.324 e. The summed E-state index contributed by atoms with van der Waals surface area (Å²) in [6.07, 6.45) is 0. The molecular weight excluding hydrogens is 184 g/mol. The van der Waals surface area contributed by atoms with E-state index in [1.807, 2.05) is 27.7 Å². The molecule has 15 heavy (non-hydrogen) atoms. The van der Waals surface area contributed by atoms with Crippen molar-refractivity contribution in [1.82, 2.24) is 4.90 Å². The number of likely N-dealkylation sites (N-methyl/N-ethyl adjacent to an activating group) is 2. The zero-order valence-electron chi connectivity index (χ0n) is 12.5. The first-order chi connectivity index (χ1) is 6.93. The number of piperazine rings is 1. The molecule has 0 spiro atoms. The lowest BCUT2D eigenvalue weighted by Gasteiger charge is -2.46. The van der Waals surface area contributed by atoms with Gasteiger partial charge in [-0.05, 0) is 20.9 Å². The predicted molar refractivity (Wildman–Crippen MR) is 71.2 cm³/mol. The van der Waals surface area contributed by atoms with E-state index in [0.29, 0.717) is 0 Å². The second-order valence-electron chi connectivity index (χ2n) is 4.60. The molecule has 94 valence electrons. The second-order valence-corrected chi connectivity index (χ2v) is 4.60. The molecular formula is C13H33N2+. The van der Waals surface area contributed by atoms with Gasteiger partial charge in [0.1, 0.15) is 0 Å². The molecule has 0 aliphatic carbocycles. The van der Waals surface area contributed by atoms with E-state index >= 15 is 0 Å². The third-order valence-electron chi connectivity index (χ3n) is 3.23. The van der Waals surface area contributed by atoms with Crippen LogP contribution in [-0.4, -0.2) is 55.7 Å². The lowest BCUT2D eigenvalue weighted by molar-refractivity contribution is -0.920. The van der Waals surface area contributed by atoms with Crippen LogP contribution in [-0.2, 0) is 0 Å². The van der Waals surface area contributed by atoms with Crippen molar-refractivity contribution >= 4 is 0 Å². The molecule has 0 aromatic carbocycles. The van der Waals surface area contributed by atoms with Crippen molar-refractivity contribution in [3.8, 4) is 0 Å². The Balaban J connectivity index is 0. The molecule has 1 fully saturated rings. The summed E-state index contributed by atoms with van der Waals surface area (Å²) < 4.78 is 1.17. The Labute approximate surface area is 97.9 Å². The van der Waals surface area contributed by atoms with Crippen LogP contribution in [0.1, 0.15) is 41.5 Å². The monoisotopic (exact) mass is 217 g/mol. The second kappa shape index (κ2) is 8.12. The lowest BCUT2D eigenvalue weighted by atomic mass is 10.1. The number of rotatable bonds is 0. The van der Waals surface area contributed by atoms with Gasteiger partial charge in [-0.25, -0.2) is 0 Å². The number of nitrogens with zero attached hydrogens (tertiary/aromatic N) is 2. The molecule has 0 saturated carbocycles. The third kappa shape index (κ3) is 5.53. The Hall–Kier alpha value is -0.0800. The van der Waals surface area contributed by atoms with Gasteiger partial charge in [0.15, 0.2) is 0 Å². The van der Waals surface area contributed by atoms with Crippen LogP contribution in [0.5, 0.6) is 0 Å². The highest BCUT2D eigenvalue weighted by Crippen LogP contribution is 2.17. The highest BCUT2D eigenvalue weighted by molar-refractivity contribution is 4.72. The van der Waals surface area contributed by atoms with Crippen molar-refractivity contribution in [2.24, 2.45) is 0 Å².